The Balaban J connectivity index is 1.91. The second kappa shape index (κ2) is 6.22. The second-order valence-corrected chi connectivity index (χ2v) is 4.99. The van der Waals surface area contributed by atoms with Crippen LogP contribution in [-0.4, -0.2) is 30.6 Å². The van der Waals surface area contributed by atoms with Crippen LogP contribution in [0.3, 0.4) is 0 Å². The lowest BCUT2D eigenvalue weighted by Gasteiger charge is -2.31. The Morgan fingerprint density at radius 3 is 2.63 bits per heavy atom. The highest BCUT2D eigenvalue weighted by molar-refractivity contribution is 5.52. The Morgan fingerprint density at radius 2 is 2.05 bits per heavy atom. The van der Waals surface area contributed by atoms with Crippen LogP contribution in [0.2, 0.25) is 0 Å². The maximum atomic E-state index is 8.91. The molecule has 4 nitrogen and oxygen atoms in total. The van der Waals surface area contributed by atoms with Crippen molar-refractivity contribution in [3.8, 4) is 12.1 Å². The van der Waals surface area contributed by atoms with Crippen LogP contribution in [-0.2, 0) is 0 Å². The summed E-state index contributed by atoms with van der Waals surface area (Å²) in [6.07, 6.45) is 2.11. The van der Waals surface area contributed by atoms with E-state index < -0.39 is 0 Å². The molecule has 1 aliphatic rings. The molecule has 0 unspecified atom stereocenters. The molecular weight excluding hydrogens is 236 g/mol. The average molecular weight is 254 g/mol. The molecule has 98 valence electrons. The zero-order valence-corrected chi connectivity index (χ0v) is 11.2. The molecule has 1 N–H and O–H groups in total. The van der Waals surface area contributed by atoms with Gasteiger partial charge >= 0.3 is 0 Å². The summed E-state index contributed by atoms with van der Waals surface area (Å²) >= 11 is 0. The van der Waals surface area contributed by atoms with E-state index in [0.717, 1.165) is 42.7 Å². The highest BCUT2D eigenvalue weighted by Gasteiger charge is 2.18. The minimum absolute atomic E-state index is 0.460. The van der Waals surface area contributed by atoms with Crippen LogP contribution in [0, 0.1) is 29.6 Å². The van der Waals surface area contributed by atoms with Gasteiger partial charge in [-0.15, -0.1) is 0 Å². The third-order valence-corrected chi connectivity index (χ3v) is 3.60. The molecule has 1 saturated heterocycles. The van der Waals surface area contributed by atoms with Gasteiger partial charge in [-0.1, -0.05) is 0 Å². The van der Waals surface area contributed by atoms with Gasteiger partial charge in [0.15, 0.2) is 0 Å². The minimum Gasteiger partial charge on any atom is -0.382 e. The van der Waals surface area contributed by atoms with Gasteiger partial charge in [0.2, 0.25) is 0 Å². The SMILES string of the molecule is Cc1cc(NC2CCN(CC#N)CC2)ccc1C#N. The van der Waals surface area contributed by atoms with Crippen molar-refractivity contribution in [2.45, 2.75) is 25.8 Å². The third kappa shape index (κ3) is 3.47. The minimum atomic E-state index is 0.460. The van der Waals surface area contributed by atoms with Crippen molar-refractivity contribution in [1.82, 2.24) is 4.90 Å². The lowest BCUT2D eigenvalue weighted by Crippen LogP contribution is -2.39. The number of nitrogens with one attached hydrogen (secondary N) is 1. The predicted molar refractivity (Wildman–Crippen MR) is 74.6 cm³/mol. The molecule has 0 atom stereocenters. The molecule has 4 heteroatoms. The number of nitrogens with zero attached hydrogens (tertiary/aromatic N) is 3. The van der Waals surface area contributed by atoms with Gasteiger partial charge in [-0.25, -0.2) is 0 Å². The van der Waals surface area contributed by atoms with Crippen molar-refractivity contribution in [2.24, 2.45) is 0 Å². The molecule has 2 rings (SSSR count). The summed E-state index contributed by atoms with van der Waals surface area (Å²) in [6.45, 7) is 4.43. The van der Waals surface area contributed by atoms with Gasteiger partial charge in [0.1, 0.15) is 0 Å². The van der Waals surface area contributed by atoms with Crippen LogP contribution in [0.1, 0.15) is 24.0 Å². The van der Waals surface area contributed by atoms with Crippen molar-refractivity contribution in [3.63, 3.8) is 0 Å². The Labute approximate surface area is 114 Å². The van der Waals surface area contributed by atoms with Gasteiger partial charge in [-0.2, -0.15) is 10.5 Å². The molecule has 0 spiro atoms. The summed E-state index contributed by atoms with van der Waals surface area (Å²) in [7, 11) is 0. The molecule has 1 aromatic carbocycles. The first-order valence-electron chi connectivity index (χ1n) is 6.59. The number of benzene rings is 1. The van der Waals surface area contributed by atoms with E-state index in [1.165, 1.54) is 0 Å². The molecule has 1 aliphatic heterocycles. The first-order chi connectivity index (χ1) is 9.22. The van der Waals surface area contributed by atoms with Crippen molar-refractivity contribution >= 4 is 5.69 Å². The van der Waals surface area contributed by atoms with E-state index in [1.54, 1.807) is 0 Å². The molecule has 19 heavy (non-hydrogen) atoms. The number of hydrogen-bond donors (Lipinski definition) is 1. The monoisotopic (exact) mass is 254 g/mol. The van der Waals surface area contributed by atoms with Crippen molar-refractivity contribution in [3.05, 3.63) is 29.3 Å². The summed E-state index contributed by atoms with van der Waals surface area (Å²) in [5.74, 6) is 0. The van der Waals surface area contributed by atoms with Crippen LogP contribution < -0.4 is 5.32 Å². The number of anilines is 1. The zero-order valence-electron chi connectivity index (χ0n) is 11.2. The van der Waals surface area contributed by atoms with Crippen molar-refractivity contribution in [1.29, 1.82) is 10.5 Å². The fraction of sp³-hybridized carbons (Fsp3) is 0.467. The summed E-state index contributed by atoms with van der Waals surface area (Å²) in [5.41, 5.74) is 2.82. The maximum absolute atomic E-state index is 8.91. The van der Waals surface area contributed by atoms with Gasteiger partial charge in [-0.05, 0) is 43.5 Å². The van der Waals surface area contributed by atoms with Gasteiger partial charge in [0, 0.05) is 24.8 Å². The Bertz CT molecular complexity index is 516. The number of hydrogen-bond acceptors (Lipinski definition) is 4. The Kier molecular flexibility index (Phi) is 4.39. The molecule has 1 aromatic rings. The van der Waals surface area contributed by atoms with Crippen LogP contribution >= 0.6 is 0 Å². The van der Waals surface area contributed by atoms with Crippen LogP contribution in [0.15, 0.2) is 18.2 Å². The summed E-state index contributed by atoms with van der Waals surface area (Å²) in [5, 5.41) is 21.1. The molecule has 0 radical (unpaired) electrons. The molecule has 1 heterocycles. The second-order valence-electron chi connectivity index (χ2n) is 4.99. The lowest BCUT2D eigenvalue weighted by molar-refractivity contribution is 0.242. The van der Waals surface area contributed by atoms with Gasteiger partial charge in [0.25, 0.3) is 0 Å². The first kappa shape index (κ1) is 13.4. The molecule has 1 fully saturated rings. The van der Waals surface area contributed by atoms with E-state index in [9.17, 15) is 0 Å². The number of piperidine rings is 1. The largest absolute Gasteiger partial charge is 0.382 e. The lowest BCUT2D eigenvalue weighted by atomic mass is 10.0. The van der Waals surface area contributed by atoms with E-state index in [-0.39, 0.29) is 0 Å². The predicted octanol–water partition coefficient (Wildman–Crippen LogP) is 2.27. The van der Waals surface area contributed by atoms with Crippen LogP contribution in [0.4, 0.5) is 5.69 Å². The number of rotatable bonds is 3. The first-order valence-corrected chi connectivity index (χ1v) is 6.59. The number of likely N-dealkylation sites (tertiary alicyclic amines) is 1. The quantitative estimate of drug-likeness (QED) is 0.840. The van der Waals surface area contributed by atoms with Crippen LogP contribution in [0.25, 0.3) is 0 Å². The molecule has 0 aromatic heterocycles. The Hall–Kier alpha value is -2.04. The number of aryl methyl sites for hydroxylation is 1. The third-order valence-electron chi connectivity index (χ3n) is 3.60. The Morgan fingerprint density at radius 1 is 1.32 bits per heavy atom. The highest BCUT2D eigenvalue weighted by Crippen LogP contribution is 2.19. The van der Waals surface area contributed by atoms with Crippen molar-refractivity contribution < 1.29 is 0 Å². The molecule has 0 bridgehead atoms. The fourth-order valence-corrected chi connectivity index (χ4v) is 2.45. The van der Waals surface area contributed by atoms with Gasteiger partial charge < -0.3 is 5.32 Å². The molecular formula is C15H18N4. The van der Waals surface area contributed by atoms with E-state index >= 15 is 0 Å². The van der Waals surface area contributed by atoms with E-state index in [1.807, 2.05) is 25.1 Å². The molecule has 0 saturated carbocycles. The topological polar surface area (TPSA) is 62.9 Å². The van der Waals surface area contributed by atoms with Gasteiger partial charge in [0.05, 0.1) is 24.2 Å². The van der Waals surface area contributed by atoms with Crippen molar-refractivity contribution in [2.75, 3.05) is 25.0 Å². The summed E-state index contributed by atoms with van der Waals surface area (Å²) in [4.78, 5) is 2.18. The zero-order chi connectivity index (χ0) is 13.7. The number of nitriles is 2. The summed E-state index contributed by atoms with van der Waals surface area (Å²) < 4.78 is 0. The van der Waals surface area contributed by atoms with Crippen LogP contribution in [0.5, 0.6) is 0 Å². The fourth-order valence-electron chi connectivity index (χ4n) is 2.45. The highest BCUT2D eigenvalue weighted by atomic mass is 15.1. The smallest absolute Gasteiger partial charge is 0.0994 e. The average Bonchev–Trinajstić information content (AvgIpc) is 2.42. The molecule has 0 amide bonds. The summed E-state index contributed by atoms with van der Waals surface area (Å²) in [6, 6.07) is 10.7. The van der Waals surface area contributed by atoms with Gasteiger partial charge in [-0.3, -0.25) is 4.90 Å². The van der Waals surface area contributed by atoms with E-state index in [4.69, 9.17) is 10.5 Å². The maximum Gasteiger partial charge on any atom is 0.0994 e. The molecule has 0 aliphatic carbocycles. The standard InChI is InChI=1S/C15H18N4/c1-12-10-15(3-2-13(12)11-17)18-14-4-7-19(8-5-14)9-6-16/h2-3,10,14,18H,4-5,7-9H2,1H3. The normalized spacial score (nSPS) is 16.6. The van der Waals surface area contributed by atoms with E-state index in [2.05, 4.69) is 22.4 Å². The van der Waals surface area contributed by atoms with E-state index in [0.29, 0.717) is 12.6 Å².